The van der Waals surface area contributed by atoms with Gasteiger partial charge in [-0.2, -0.15) is 0 Å². The number of carbonyl (C=O) groups excluding carboxylic acids is 3. The highest BCUT2D eigenvalue weighted by atomic mass is 16.5. The second kappa shape index (κ2) is 7.89. The molecule has 2 unspecified atom stereocenters. The molecule has 0 heterocycles. The molecule has 0 aliphatic heterocycles. The fourth-order valence-electron chi connectivity index (χ4n) is 3.75. The van der Waals surface area contributed by atoms with Crippen LogP contribution in [-0.4, -0.2) is 30.8 Å². The van der Waals surface area contributed by atoms with Gasteiger partial charge in [0.15, 0.2) is 0 Å². The van der Waals surface area contributed by atoms with Crippen LogP contribution in [0.5, 0.6) is 0 Å². The fourth-order valence-corrected chi connectivity index (χ4v) is 3.75. The zero-order valence-electron chi connectivity index (χ0n) is 15.9. The van der Waals surface area contributed by atoms with Crippen LogP contribution in [0.3, 0.4) is 0 Å². The van der Waals surface area contributed by atoms with Gasteiger partial charge in [0.2, 0.25) is 5.91 Å². The highest BCUT2D eigenvalue weighted by molar-refractivity contribution is 5.85. The molecule has 0 bridgehead atoms. The van der Waals surface area contributed by atoms with Crippen molar-refractivity contribution in [2.75, 3.05) is 12.8 Å². The van der Waals surface area contributed by atoms with E-state index >= 15 is 0 Å². The van der Waals surface area contributed by atoms with Gasteiger partial charge < -0.3 is 15.8 Å². The van der Waals surface area contributed by atoms with Gasteiger partial charge in [-0.05, 0) is 42.4 Å². The van der Waals surface area contributed by atoms with Crippen LogP contribution in [0, 0.1) is 17.3 Å². The summed E-state index contributed by atoms with van der Waals surface area (Å²) in [7, 11) is 1.30. The minimum Gasteiger partial charge on any atom is -0.467 e. The molecule has 1 aromatic rings. The van der Waals surface area contributed by atoms with Crippen molar-refractivity contribution in [1.29, 1.82) is 0 Å². The van der Waals surface area contributed by atoms with E-state index in [1.807, 2.05) is 26.0 Å². The maximum Gasteiger partial charge on any atom is 0.328 e. The Balaban J connectivity index is 1.98. The number of rotatable bonds is 7. The number of carbonyl (C=O) groups is 3. The van der Waals surface area contributed by atoms with Crippen LogP contribution >= 0.6 is 0 Å². The van der Waals surface area contributed by atoms with Gasteiger partial charge in [-0.25, -0.2) is 4.79 Å². The zero-order chi connectivity index (χ0) is 19.5. The molecular formula is C20H28N2O4. The van der Waals surface area contributed by atoms with Gasteiger partial charge in [0.05, 0.1) is 7.11 Å². The molecule has 0 aromatic heterocycles. The minimum absolute atomic E-state index is 0.00600. The van der Waals surface area contributed by atoms with Crippen molar-refractivity contribution in [3.8, 4) is 0 Å². The van der Waals surface area contributed by atoms with E-state index in [4.69, 9.17) is 10.5 Å². The monoisotopic (exact) mass is 360 g/mol. The van der Waals surface area contributed by atoms with Gasteiger partial charge in [-0.15, -0.1) is 0 Å². The lowest BCUT2D eigenvalue weighted by Crippen LogP contribution is -2.51. The molecule has 3 atom stereocenters. The molecule has 1 aliphatic rings. The summed E-state index contributed by atoms with van der Waals surface area (Å²) < 4.78 is 4.82. The number of methoxy groups -OCH3 is 1. The summed E-state index contributed by atoms with van der Waals surface area (Å²) in [4.78, 5) is 36.1. The third kappa shape index (κ3) is 4.42. The first-order chi connectivity index (χ1) is 12.1. The first-order valence-electron chi connectivity index (χ1n) is 8.87. The van der Waals surface area contributed by atoms with Gasteiger partial charge in [0, 0.05) is 24.4 Å². The van der Waals surface area contributed by atoms with E-state index in [1.54, 1.807) is 19.1 Å². The number of esters is 1. The van der Waals surface area contributed by atoms with Crippen molar-refractivity contribution in [2.24, 2.45) is 17.3 Å². The first-order valence-corrected chi connectivity index (χ1v) is 8.87. The Hall–Kier alpha value is -2.37. The molecule has 0 radical (unpaired) electrons. The van der Waals surface area contributed by atoms with Gasteiger partial charge in [0.1, 0.15) is 11.8 Å². The fraction of sp³-hybridized carbons (Fsp3) is 0.550. The number of ketones is 1. The standard InChI is InChI=1S/C20H28N2O4/c1-12(23)16-10-14(20(16,2)3)11-18(24)22-17(19(25)26-4)9-13-5-7-15(21)8-6-13/h5-8,14,16-17H,9-11,21H2,1-4H3,(H,22,24)/t14?,16?,17-/m0/s1. The number of nitrogens with two attached hydrogens (primary N) is 1. The molecule has 0 spiro atoms. The van der Waals surface area contributed by atoms with Crippen LogP contribution in [0.4, 0.5) is 5.69 Å². The van der Waals surface area contributed by atoms with Crippen molar-refractivity contribution in [2.45, 2.75) is 46.1 Å². The maximum absolute atomic E-state index is 12.5. The summed E-state index contributed by atoms with van der Waals surface area (Å²) in [5.41, 5.74) is 7.00. The Morgan fingerprint density at radius 2 is 1.88 bits per heavy atom. The number of anilines is 1. The summed E-state index contributed by atoms with van der Waals surface area (Å²) in [5.74, 6) is -0.374. The SMILES string of the molecule is COC(=O)[C@H](Cc1ccc(N)cc1)NC(=O)CC1CC(C(C)=O)C1(C)C. The minimum atomic E-state index is -0.747. The summed E-state index contributed by atoms with van der Waals surface area (Å²) in [5, 5.41) is 2.78. The second-order valence-corrected chi connectivity index (χ2v) is 7.71. The third-order valence-corrected chi connectivity index (χ3v) is 5.63. The van der Waals surface area contributed by atoms with E-state index in [-0.39, 0.29) is 28.9 Å². The summed E-state index contributed by atoms with van der Waals surface area (Å²) in [6.45, 7) is 5.64. The topological polar surface area (TPSA) is 98.5 Å². The molecule has 6 nitrogen and oxygen atoms in total. The van der Waals surface area contributed by atoms with E-state index in [1.165, 1.54) is 7.11 Å². The average Bonchev–Trinajstić information content (AvgIpc) is 2.58. The Morgan fingerprint density at radius 3 is 2.38 bits per heavy atom. The molecule has 1 aromatic carbocycles. The number of hydrogen-bond acceptors (Lipinski definition) is 5. The lowest BCUT2D eigenvalue weighted by Gasteiger charge is -2.51. The Bertz CT molecular complexity index is 682. The number of Topliss-reactive ketones (excluding diaryl/α,β-unsaturated/α-hetero) is 1. The van der Waals surface area contributed by atoms with E-state index in [0.29, 0.717) is 18.5 Å². The summed E-state index contributed by atoms with van der Waals surface area (Å²) >= 11 is 0. The van der Waals surface area contributed by atoms with Gasteiger partial charge in [-0.3, -0.25) is 9.59 Å². The number of benzene rings is 1. The predicted molar refractivity (Wildman–Crippen MR) is 99.2 cm³/mol. The van der Waals surface area contributed by atoms with Crippen LogP contribution in [0.25, 0.3) is 0 Å². The van der Waals surface area contributed by atoms with Crippen LogP contribution in [0.15, 0.2) is 24.3 Å². The molecule has 142 valence electrons. The molecular weight excluding hydrogens is 332 g/mol. The van der Waals surface area contributed by atoms with Gasteiger partial charge >= 0.3 is 5.97 Å². The Kier molecular flexibility index (Phi) is 6.05. The van der Waals surface area contributed by atoms with Gasteiger partial charge in [0.25, 0.3) is 0 Å². The zero-order valence-corrected chi connectivity index (χ0v) is 15.9. The van der Waals surface area contributed by atoms with E-state index < -0.39 is 12.0 Å². The third-order valence-electron chi connectivity index (χ3n) is 5.63. The van der Waals surface area contributed by atoms with Crippen molar-refractivity contribution in [3.63, 3.8) is 0 Å². The van der Waals surface area contributed by atoms with Crippen molar-refractivity contribution in [1.82, 2.24) is 5.32 Å². The predicted octanol–water partition coefficient (Wildman–Crippen LogP) is 2.11. The number of nitrogen functional groups attached to an aromatic ring is 1. The molecule has 1 aliphatic carbocycles. The molecule has 0 saturated heterocycles. The molecule has 2 rings (SSSR count). The maximum atomic E-state index is 12.5. The highest BCUT2D eigenvalue weighted by Crippen LogP contribution is 2.53. The van der Waals surface area contributed by atoms with Crippen LogP contribution in [0.2, 0.25) is 0 Å². The van der Waals surface area contributed by atoms with Crippen LogP contribution < -0.4 is 11.1 Å². The van der Waals surface area contributed by atoms with Crippen molar-refractivity contribution < 1.29 is 19.1 Å². The van der Waals surface area contributed by atoms with E-state index in [0.717, 1.165) is 12.0 Å². The molecule has 6 heteroatoms. The number of nitrogens with one attached hydrogen (secondary N) is 1. The highest BCUT2D eigenvalue weighted by Gasteiger charge is 2.50. The van der Waals surface area contributed by atoms with Crippen molar-refractivity contribution in [3.05, 3.63) is 29.8 Å². The molecule has 3 N–H and O–H groups in total. The average molecular weight is 360 g/mol. The second-order valence-electron chi connectivity index (χ2n) is 7.71. The number of ether oxygens (including phenoxy) is 1. The van der Waals surface area contributed by atoms with Crippen molar-refractivity contribution >= 4 is 23.3 Å². The van der Waals surface area contributed by atoms with Gasteiger partial charge in [-0.1, -0.05) is 26.0 Å². The quantitative estimate of drug-likeness (QED) is 0.573. The lowest BCUT2D eigenvalue weighted by atomic mass is 9.52. The smallest absolute Gasteiger partial charge is 0.328 e. The molecule has 1 amide bonds. The number of amides is 1. The summed E-state index contributed by atoms with van der Waals surface area (Å²) in [6.07, 6.45) is 1.35. The van der Waals surface area contributed by atoms with Crippen LogP contribution in [0.1, 0.15) is 39.2 Å². The first kappa shape index (κ1) is 19.9. The van der Waals surface area contributed by atoms with E-state index in [9.17, 15) is 14.4 Å². The molecule has 1 fully saturated rings. The normalized spacial score (nSPS) is 22.0. The lowest BCUT2D eigenvalue weighted by molar-refractivity contribution is -0.146. The van der Waals surface area contributed by atoms with Crippen LogP contribution in [-0.2, 0) is 25.5 Å². The van der Waals surface area contributed by atoms with E-state index in [2.05, 4.69) is 5.32 Å². The Labute approximate surface area is 154 Å². The summed E-state index contributed by atoms with van der Waals surface area (Å²) in [6, 6.07) is 6.41. The molecule has 26 heavy (non-hydrogen) atoms. The Morgan fingerprint density at radius 1 is 1.27 bits per heavy atom. The number of hydrogen-bond donors (Lipinski definition) is 2. The molecule has 1 saturated carbocycles. The largest absolute Gasteiger partial charge is 0.467 e.